The molecular weight excluding hydrogens is 412 g/mol. The summed E-state index contributed by atoms with van der Waals surface area (Å²) in [5.74, 6) is -0.545. The van der Waals surface area contributed by atoms with Crippen molar-refractivity contribution in [2.24, 2.45) is 5.92 Å². The third-order valence-electron chi connectivity index (χ3n) is 5.65. The van der Waals surface area contributed by atoms with Gasteiger partial charge in [0, 0.05) is 30.6 Å². The lowest BCUT2D eigenvalue weighted by atomic mass is 9.95. The molecule has 3 aromatic carbocycles. The highest BCUT2D eigenvalue weighted by Gasteiger charge is 2.29. The first kappa shape index (κ1) is 21.1. The van der Waals surface area contributed by atoms with E-state index >= 15 is 0 Å². The standard InChI is InChI=1S/C24H24N2O4S/c1-31(29,30)20-13-11-19(12-14-20)25-23(27)18-8-5-15-26(16-18)24(28)22-10-4-7-17-6-2-3-9-21(17)22/h2-4,6-7,9-14,18H,5,8,15-16H2,1H3,(H,25,27)/t18-/m1/s1. The molecule has 2 amide bonds. The molecule has 0 radical (unpaired) electrons. The number of piperidine rings is 1. The fourth-order valence-corrected chi connectivity index (χ4v) is 4.62. The van der Waals surface area contributed by atoms with Gasteiger partial charge in [-0.2, -0.15) is 0 Å². The van der Waals surface area contributed by atoms with E-state index in [0.717, 1.165) is 23.4 Å². The van der Waals surface area contributed by atoms with Crippen molar-refractivity contribution in [3.63, 3.8) is 0 Å². The van der Waals surface area contributed by atoms with Crippen molar-refractivity contribution in [2.45, 2.75) is 17.7 Å². The number of rotatable bonds is 4. The van der Waals surface area contributed by atoms with E-state index in [1.165, 1.54) is 12.1 Å². The summed E-state index contributed by atoms with van der Waals surface area (Å²) in [6, 6.07) is 19.6. The number of sulfone groups is 1. The van der Waals surface area contributed by atoms with E-state index in [1.807, 2.05) is 42.5 Å². The van der Waals surface area contributed by atoms with Crippen molar-refractivity contribution in [1.29, 1.82) is 0 Å². The Morgan fingerprint density at radius 3 is 2.42 bits per heavy atom. The summed E-state index contributed by atoms with van der Waals surface area (Å²) in [5, 5.41) is 4.77. The van der Waals surface area contributed by atoms with Crippen LogP contribution in [0.15, 0.2) is 71.6 Å². The molecule has 0 spiro atoms. The molecule has 7 heteroatoms. The van der Waals surface area contributed by atoms with E-state index in [1.54, 1.807) is 17.0 Å². The molecule has 31 heavy (non-hydrogen) atoms. The van der Waals surface area contributed by atoms with Gasteiger partial charge in [0.2, 0.25) is 5.91 Å². The molecule has 0 saturated carbocycles. The molecule has 1 heterocycles. The van der Waals surface area contributed by atoms with E-state index in [-0.39, 0.29) is 22.6 Å². The van der Waals surface area contributed by atoms with Gasteiger partial charge in [-0.3, -0.25) is 9.59 Å². The third-order valence-corrected chi connectivity index (χ3v) is 6.78. The molecule has 1 N–H and O–H groups in total. The second kappa shape index (κ2) is 8.51. The van der Waals surface area contributed by atoms with Crippen molar-refractivity contribution >= 4 is 38.1 Å². The zero-order chi connectivity index (χ0) is 22.0. The zero-order valence-corrected chi connectivity index (χ0v) is 18.1. The number of anilines is 1. The van der Waals surface area contributed by atoms with Gasteiger partial charge in [-0.15, -0.1) is 0 Å². The summed E-state index contributed by atoms with van der Waals surface area (Å²) in [4.78, 5) is 28.0. The average Bonchev–Trinajstić information content (AvgIpc) is 2.78. The van der Waals surface area contributed by atoms with Gasteiger partial charge in [0.05, 0.1) is 10.8 Å². The maximum Gasteiger partial charge on any atom is 0.254 e. The highest BCUT2D eigenvalue weighted by Crippen LogP contribution is 2.24. The normalized spacial score (nSPS) is 16.8. The number of amides is 2. The smallest absolute Gasteiger partial charge is 0.254 e. The SMILES string of the molecule is CS(=O)(=O)c1ccc(NC(=O)[C@@H]2CCCN(C(=O)c3cccc4ccccc34)C2)cc1. The molecule has 0 aliphatic carbocycles. The summed E-state index contributed by atoms with van der Waals surface area (Å²) in [5.41, 5.74) is 1.19. The second-order valence-corrected chi connectivity index (χ2v) is 9.92. The largest absolute Gasteiger partial charge is 0.338 e. The van der Waals surface area contributed by atoms with Crippen LogP contribution in [0, 0.1) is 5.92 Å². The van der Waals surface area contributed by atoms with Crippen molar-refractivity contribution in [3.05, 3.63) is 72.3 Å². The molecule has 160 valence electrons. The summed E-state index contributed by atoms with van der Waals surface area (Å²) < 4.78 is 23.2. The van der Waals surface area contributed by atoms with Gasteiger partial charge in [-0.05, 0) is 53.9 Å². The van der Waals surface area contributed by atoms with Crippen LogP contribution in [0.1, 0.15) is 23.2 Å². The van der Waals surface area contributed by atoms with Crippen molar-refractivity contribution < 1.29 is 18.0 Å². The van der Waals surface area contributed by atoms with Crippen molar-refractivity contribution in [1.82, 2.24) is 4.90 Å². The predicted octanol–water partition coefficient (Wildman–Crippen LogP) is 3.73. The van der Waals surface area contributed by atoms with Gasteiger partial charge in [0.25, 0.3) is 5.91 Å². The quantitative estimate of drug-likeness (QED) is 0.675. The third kappa shape index (κ3) is 4.61. The fraction of sp³-hybridized carbons (Fsp3) is 0.250. The molecule has 4 rings (SSSR count). The first-order valence-corrected chi connectivity index (χ1v) is 12.1. The lowest BCUT2D eigenvalue weighted by Crippen LogP contribution is -2.43. The second-order valence-electron chi connectivity index (χ2n) is 7.90. The number of carbonyl (C=O) groups excluding carboxylic acids is 2. The van der Waals surface area contributed by atoms with Crippen LogP contribution >= 0.6 is 0 Å². The Hall–Kier alpha value is -3.19. The van der Waals surface area contributed by atoms with E-state index < -0.39 is 9.84 Å². The number of fused-ring (bicyclic) bond motifs is 1. The summed E-state index contributed by atoms with van der Waals surface area (Å²) in [7, 11) is -3.28. The molecule has 0 aromatic heterocycles. The average molecular weight is 437 g/mol. The van der Waals surface area contributed by atoms with Gasteiger partial charge in [0.1, 0.15) is 0 Å². The van der Waals surface area contributed by atoms with Gasteiger partial charge in [-0.25, -0.2) is 8.42 Å². The topological polar surface area (TPSA) is 83.6 Å². The lowest BCUT2D eigenvalue weighted by molar-refractivity contribution is -0.121. The number of nitrogens with one attached hydrogen (secondary N) is 1. The van der Waals surface area contributed by atoms with Crippen LogP contribution in [0.3, 0.4) is 0 Å². The van der Waals surface area contributed by atoms with Crippen LogP contribution in [-0.4, -0.2) is 44.5 Å². The van der Waals surface area contributed by atoms with E-state index in [4.69, 9.17) is 0 Å². The number of nitrogens with zero attached hydrogens (tertiary/aromatic N) is 1. The number of likely N-dealkylation sites (tertiary alicyclic amines) is 1. The molecule has 1 aliphatic rings. The monoisotopic (exact) mass is 436 g/mol. The van der Waals surface area contributed by atoms with Crippen LogP contribution in [0.4, 0.5) is 5.69 Å². The highest BCUT2D eigenvalue weighted by atomic mass is 32.2. The molecular formula is C24H24N2O4S. The molecule has 1 atom stereocenters. The number of carbonyl (C=O) groups is 2. The Kier molecular flexibility index (Phi) is 5.78. The van der Waals surface area contributed by atoms with Crippen molar-refractivity contribution in [3.8, 4) is 0 Å². The van der Waals surface area contributed by atoms with Crippen LogP contribution in [-0.2, 0) is 14.6 Å². The Morgan fingerprint density at radius 2 is 1.68 bits per heavy atom. The highest BCUT2D eigenvalue weighted by molar-refractivity contribution is 7.90. The van der Waals surface area contributed by atoms with Crippen LogP contribution in [0.25, 0.3) is 10.8 Å². The molecule has 3 aromatic rings. The molecule has 1 saturated heterocycles. The van der Waals surface area contributed by atoms with E-state index in [9.17, 15) is 18.0 Å². The minimum absolute atomic E-state index is 0.0631. The number of benzene rings is 3. The fourth-order valence-electron chi connectivity index (χ4n) is 3.99. The van der Waals surface area contributed by atoms with Gasteiger partial charge >= 0.3 is 0 Å². The Balaban J connectivity index is 1.46. The van der Waals surface area contributed by atoms with Gasteiger partial charge < -0.3 is 10.2 Å². The maximum absolute atomic E-state index is 13.2. The molecule has 1 fully saturated rings. The van der Waals surface area contributed by atoms with Crippen LogP contribution < -0.4 is 5.32 Å². The summed E-state index contributed by atoms with van der Waals surface area (Å²) >= 11 is 0. The van der Waals surface area contributed by atoms with Crippen molar-refractivity contribution in [2.75, 3.05) is 24.7 Å². The predicted molar refractivity (Wildman–Crippen MR) is 121 cm³/mol. The number of hydrogen-bond donors (Lipinski definition) is 1. The number of hydrogen-bond acceptors (Lipinski definition) is 4. The minimum atomic E-state index is -3.28. The molecule has 1 aliphatic heterocycles. The Bertz CT molecular complexity index is 1230. The summed E-state index contributed by atoms with van der Waals surface area (Å²) in [6.45, 7) is 0.976. The zero-order valence-electron chi connectivity index (χ0n) is 17.2. The molecule has 0 bridgehead atoms. The van der Waals surface area contributed by atoms with Crippen LogP contribution in [0.5, 0.6) is 0 Å². The minimum Gasteiger partial charge on any atom is -0.338 e. The Labute approximate surface area is 181 Å². The van der Waals surface area contributed by atoms with Crippen LogP contribution in [0.2, 0.25) is 0 Å². The van der Waals surface area contributed by atoms with E-state index in [0.29, 0.717) is 30.8 Å². The Morgan fingerprint density at radius 1 is 0.968 bits per heavy atom. The lowest BCUT2D eigenvalue weighted by Gasteiger charge is -2.32. The van der Waals surface area contributed by atoms with E-state index in [2.05, 4.69) is 5.32 Å². The van der Waals surface area contributed by atoms with Gasteiger partial charge in [0.15, 0.2) is 9.84 Å². The molecule has 6 nitrogen and oxygen atoms in total. The first-order chi connectivity index (χ1) is 14.8. The summed E-state index contributed by atoms with van der Waals surface area (Å²) in [6.07, 6.45) is 2.60. The first-order valence-electron chi connectivity index (χ1n) is 10.2. The molecule has 0 unspecified atom stereocenters. The maximum atomic E-state index is 13.2. The van der Waals surface area contributed by atoms with Gasteiger partial charge in [-0.1, -0.05) is 36.4 Å².